The Hall–Kier alpha value is -3.80. The number of pyridine rings is 1. The zero-order valence-corrected chi connectivity index (χ0v) is 18.4. The summed E-state index contributed by atoms with van der Waals surface area (Å²) in [6.07, 6.45) is 4.66. The quantitative estimate of drug-likeness (QED) is 0.399. The molecule has 1 heterocycles. The van der Waals surface area contributed by atoms with Crippen molar-refractivity contribution in [2.24, 2.45) is 0 Å². The van der Waals surface area contributed by atoms with Crippen molar-refractivity contribution in [2.45, 2.75) is 26.9 Å². The van der Waals surface area contributed by atoms with Crippen LogP contribution in [0.25, 0.3) is 11.1 Å². The number of nitrogens with zero attached hydrogens (tertiary/aromatic N) is 1. The summed E-state index contributed by atoms with van der Waals surface area (Å²) >= 11 is 0. The topological polar surface area (TPSA) is 48.4 Å². The molecule has 0 unspecified atom stereocenters. The van der Waals surface area contributed by atoms with Gasteiger partial charge in [0.1, 0.15) is 29.7 Å². The van der Waals surface area contributed by atoms with E-state index in [0.717, 1.165) is 28.3 Å². The van der Waals surface area contributed by atoms with Crippen LogP contribution in [-0.4, -0.2) is 17.6 Å². The van der Waals surface area contributed by atoms with Gasteiger partial charge in [-0.3, -0.25) is 0 Å². The molecule has 0 radical (unpaired) electrons. The predicted molar refractivity (Wildman–Crippen MR) is 123 cm³/mol. The number of hydrogen-bond acceptors (Lipinski definition) is 4. The van der Waals surface area contributed by atoms with Gasteiger partial charge in [0.05, 0.1) is 12.3 Å². The fourth-order valence-electron chi connectivity index (χ4n) is 3.70. The molecule has 4 rings (SSSR count). The van der Waals surface area contributed by atoms with E-state index in [9.17, 15) is 13.6 Å². The number of esters is 1. The average molecular weight is 447 g/mol. The van der Waals surface area contributed by atoms with Gasteiger partial charge in [-0.25, -0.2) is 18.6 Å². The van der Waals surface area contributed by atoms with Crippen LogP contribution in [0, 0.1) is 18.6 Å². The molecule has 1 aliphatic rings. The first kappa shape index (κ1) is 22.4. The fourth-order valence-corrected chi connectivity index (χ4v) is 3.70. The zero-order valence-electron chi connectivity index (χ0n) is 18.4. The molecule has 0 saturated heterocycles. The van der Waals surface area contributed by atoms with Gasteiger partial charge in [-0.05, 0) is 67.8 Å². The third kappa shape index (κ3) is 5.00. The van der Waals surface area contributed by atoms with Crippen LogP contribution in [0.4, 0.5) is 8.78 Å². The standard InChI is InChI=1S/C27H23F2NO3/c1-3-32-27(31)25-9-5-8-24(30-25)21-7-4-6-20(21)22-14-17(2)10-13-26(22)33-16-18-11-12-19(28)15-23(18)29/h4-6,8-15H,3,7,16H2,1-2H3. The molecule has 33 heavy (non-hydrogen) atoms. The van der Waals surface area contributed by atoms with E-state index < -0.39 is 17.6 Å². The third-order valence-electron chi connectivity index (χ3n) is 5.30. The van der Waals surface area contributed by atoms with Crippen LogP contribution in [0.3, 0.4) is 0 Å². The Kier molecular flexibility index (Phi) is 6.63. The maximum absolute atomic E-state index is 14.1. The van der Waals surface area contributed by atoms with Crippen molar-refractivity contribution in [1.82, 2.24) is 4.98 Å². The molecule has 0 spiro atoms. The van der Waals surface area contributed by atoms with Gasteiger partial charge in [0.25, 0.3) is 0 Å². The normalized spacial score (nSPS) is 12.8. The number of carbonyl (C=O) groups is 1. The molecule has 4 nitrogen and oxygen atoms in total. The van der Waals surface area contributed by atoms with Crippen LogP contribution in [0.1, 0.15) is 46.2 Å². The number of hydrogen-bond donors (Lipinski definition) is 0. The number of aryl methyl sites for hydroxylation is 1. The lowest BCUT2D eigenvalue weighted by atomic mass is 9.97. The van der Waals surface area contributed by atoms with E-state index in [1.807, 2.05) is 43.3 Å². The first-order valence-corrected chi connectivity index (χ1v) is 10.7. The molecule has 168 valence electrons. The van der Waals surface area contributed by atoms with Gasteiger partial charge < -0.3 is 9.47 Å². The highest BCUT2D eigenvalue weighted by Crippen LogP contribution is 2.39. The number of carbonyl (C=O) groups excluding carboxylic acids is 1. The Balaban J connectivity index is 1.69. The number of aromatic nitrogens is 1. The smallest absolute Gasteiger partial charge is 0.356 e. The summed E-state index contributed by atoms with van der Waals surface area (Å²) in [6, 6.07) is 14.4. The largest absolute Gasteiger partial charge is 0.488 e. The Morgan fingerprint density at radius 1 is 1.09 bits per heavy atom. The average Bonchev–Trinajstić information content (AvgIpc) is 3.29. The van der Waals surface area contributed by atoms with Gasteiger partial charge in [-0.2, -0.15) is 0 Å². The van der Waals surface area contributed by atoms with Crippen molar-refractivity contribution in [1.29, 1.82) is 0 Å². The number of halogens is 2. The summed E-state index contributed by atoms with van der Waals surface area (Å²) in [5, 5.41) is 0. The van der Waals surface area contributed by atoms with Crippen molar-refractivity contribution < 1.29 is 23.0 Å². The Morgan fingerprint density at radius 2 is 1.94 bits per heavy atom. The lowest BCUT2D eigenvalue weighted by Gasteiger charge is -2.15. The number of allylic oxidation sites excluding steroid dienone is 4. The van der Waals surface area contributed by atoms with Gasteiger partial charge in [0.15, 0.2) is 0 Å². The van der Waals surface area contributed by atoms with Gasteiger partial charge in [0.2, 0.25) is 0 Å². The minimum absolute atomic E-state index is 0.0366. The molecule has 1 aliphatic carbocycles. The van der Waals surface area contributed by atoms with Crippen molar-refractivity contribution in [3.05, 3.63) is 106 Å². The Morgan fingerprint density at radius 3 is 2.73 bits per heavy atom. The van der Waals surface area contributed by atoms with E-state index in [-0.39, 0.29) is 24.5 Å². The molecule has 6 heteroatoms. The molecule has 1 aromatic heterocycles. The first-order chi connectivity index (χ1) is 16.0. The molecular formula is C27H23F2NO3. The van der Waals surface area contributed by atoms with E-state index in [1.54, 1.807) is 19.1 Å². The van der Waals surface area contributed by atoms with E-state index >= 15 is 0 Å². The van der Waals surface area contributed by atoms with Crippen molar-refractivity contribution >= 4 is 17.1 Å². The molecule has 0 bridgehead atoms. The van der Waals surface area contributed by atoms with Crippen molar-refractivity contribution in [3.8, 4) is 5.75 Å². The van der Waals surface area contributed by atoms with Gasteiger partial charge >= 0.3 is 5.97 Å². The van der Waals surface area contributed by atoms with Crippen molar-refractivity contribution in [2.75, 3.05) is 6.61 Å². The molecule has 3 aromatic rings. The van der Waals surface area contributed by atoms with Crippen LogP contribution in [0.2, 0.25) is 0 Å². The maximum Gasteiger partial charge on any atom is 0.356 e. The van der Waals surface area contributed by atoms with E-state index in [1.165, 1.54) is 12.1 Å². The van der Waals surface area contributed by atoms with Crippen molar-refractivity contribution in [3.63, 3.8) is 0 Å². The van der Waals surface area contributed by atoms with E-state index in [2.05, 4.69) is 4.98 Å². The highest BCUT2D eigenvalue weighted by atomic mass is 19.1. The second kappa shape index (κ2) is 9.77. The maximum atomic E-state index is 14.1. The summed E-state index contributed by atoms with van der Waals surface area (Å²) in [7, 11) is 0. The summed E-state index contributed by atoms with van der Waals surface area (Å²) in [6.45, 7) is 3.97. The van der Waals surface area contributed by atoms with Gasteiger partial charge in [0, 0.05) is 17.2 Å². The summed E-state index contributed by atoms with van der Waals surface area (Å²) in [5.74, 6) is -1.17. The summed E-state index contributed by atoms with van der Waals surface area (Å²) in [5.41, 5.74) is 4.93. The van der Waals surface area contributed by atoms with Gasteiger partial charge in [-0.1, -0.05) is 29.8 Å². The molecule has 0 fully saturated rings. The van der Waals surface area contributed by atoms with Crippen LogP contribution in [0.15, 0.2) is 66.7 Å². The van der Waals surface area contributed by atoms with E-state index in [0.29, 0.717) is 17.9 Å². The Labute approximate surface area is 191 Å². The molecular weight excluding hydrogens is 424 g/mol. The summed E-state index contributed by atoms with van der Waals surface area (Å²) < 4.78 is 38.3. The minimum Gasteiger partial charge on any atom is -0.488 e. The monoisotopic (exact) mass is 447 g/mol. The fraction of sp³-hybridized carbons (Fsp3) is 0.185. The zero-order chi connectivity index (χ0) is 23.4. The molecule has 0 saturated carbocycles. The number of rotatable bonds is 7. The lowest BCUT2D eigenvalue weighted by molar-refractivity contribution is 0.0519. The third-order valence-corrected chi connectivity index (χ3v) is 5.30. The van der Waals surface area contributed by atoms with Gasteiger partial charge in [-0.15, -0.1) is 0 Å². The Bertz CT molecular complexity index is 1260. The SMILES string of the molecule is CCOC(=O)c1cccc(C2=C(c3cc(C)ccc3OCc3ccc(F)cc3F)C=CC2)n1. The molecule has 0 amide bonds. The first-order valence-electron chi connectivity index (χ1n) is 10.7. The molecule has 0 N–H and O–H groups in total. The second-order valence-electron chi connectivity index (χ2n) is 7.65. The summed E-state index contributed by atoms with van der Waals surface area (Å²) in [4.78, 5) is 16.7. The highest BCUT2D eigenvalue weighted by Gasteiger charge is 2.20. The molecule has 2 aromatic carbocycles. The highest BCUT2D eigenvalue weighted by molar-refractivity contribution is 6.00. The van der Waals surface area contributed by atoms with Crippen LogP contribution in [-0.2, 0) is 11.3 Å². The van der Waals surface area contributed by atoms with E-state index in [4.69, 9.17) is 9.47 Å². The van der Waals surface area contributed by atoms with Crippen LogP contribution >= 0.6 is 0 Å². The predicted octanol–water partition coefficient (Wildman–Crippen LogP) is 6.29. The minimum atomic E-state index is -0.649. The molecule has 0 atom stereocenters. The molecule has 0 aliphatic heterocycles. The number of benzene rings is 2. The van der Waals surface area contributed by atoms with Crippen LogP contribution < -0.4 is 4.74 Å². The number of ether oxygens (including phenoxy) is 2. The second-order valence-corrected chi connectivity index (χ2v) is 7.65. The van der Waals surface area contributed by atoms with Crippen LogP contribution in [0.5, 0.6) is 5.75 Å². The lowest BCUT2D eigenvalue weighted by Crippen LogP contribution is -2.08.